The van der Waals surface area contributed by atoms with Crippen molar-refractivity contribution in [1.82, 2.24) is 5.32 Å². The molecule has 0 saturated carbocycles. The number of aliphatic hydroxyl groups excluding tert-OH is 2. The van der Waals surface area contributed by atoms with Crippen LogP contribution in [0, 0.1) is 0 Å². The Labute approximate surface area is 87.6 Å². The number of hydrogen-bond acceptors (Lipinski definition) is 5. The lowest BCUT2D eigenvalue weighted by atomic mass is 10.2. The minimum absolute atomic E-state index is 0.00267. The lowest BCUT2D eigenvalue weighted by Crippen LogP contribution is -2.35. The number of nitrogens with one attached hydrogen (secondary N) is 1. The highest BCUT2D eigenvalue weighted by molar-refractivity contribution is 5.38. The van der Waals surface area contributed by atoms with Crippen molar-refractivity contribution >= 4 is 0 Å². The molecule has 0 aliphatic carbocycles. The summed E-state index contributed by atoms with van der Waals surface area (Å²) in [6, 6.07) is 3.87. The molecule has 0 aliphatic heterocycles. The van der Waals surface area contributed by atoms with E-state index in [2.05, 4.69) is 5.32 Å². The maximum absolute atomic E-state index is 9.42. The molecule has 0 amide bonds. The fourth-order valence-electron chi connectivity index (χ4n) is 1.14. The van der Waals surface area contributed by atoms with E-state index in [-0.39, 0.29) is 24.7 Å². The van der Waals surface area contributed by atoms with Crippen LogP contribution in [0.1, 0.15) is 5.56 Å². The monoisotopic (exact) mass is 213 g/mol. The second-order valence-corrected chi connectivity index (χ2v) is 3.26. The van der Waals surface area contributed by atoms with Crippen LogP contribution in [0.5, 0.6) is 11.5 Å². The first-order valence-electron chi connectivity index (χ1n) is 4.63. The molecule has 0 bridgehead atoms. The molecule has 0 spiro atoms. The predicted molar refractivity (Wildman–Crippen MR) is 54.6 cm³/mol. The third-order valence-corrected chi connectivity index (χ3v) is 2.09. The lowest BCUT2D eigenvalue weighted by molar-refractivity contribution is 0.170. The average Bonchev–Trinajstić information content (AvgIpc) is 2.22. The zero-order valence-electron chi connectivity index (χ0n) is 8.22. The van der Waals surface area contributed by atoms with Crippen molar-refractivity contribution in [2.45, 2.75) is 12.6 Å². The summed E-state index contributed by atoms with van der Waals surface area (Å²) in [5, 5.41) is 38.9. The number of aliphatic hydroxyl groups is 2. The second kappa shape index (κ2) is 5.55. The van der Waals surface area contributed by atoms with E-state index in [0.29, 0.717) is 12.1 Å². The van der Waals surface area contributed by atoms with Crippen molar-refractivity contribution in [2.75, 3.05) is 13.2 Å². The number of aromatic hydroxyl groups is 2. The van der Waals surface area contributed by atoms with Crippen LogP contribution >= 0.6 is 0 Å². The second-order valence-electron chi connectivity index (χ2n) is 3.26. The lowest BCUT2D eigenvalue weighted by Gasteiger charge is -2.13. The maximum Gasteiger partial charge on any atom is 0.123 e. The molecule has 1 aromatic carbocycles. The van der Waals surface area contributed by atoms with E-state index < -0.39 is 6.04 Å². The predicted octanol–water partition coefficient (Wildman–Crippen LogP) is -0.459. The summed E-state index contributed by atoms with van der Waals surface area (Å²) in [5.41, 5.74) is 0.597. The minimum atomic E-state index is -0.404. The van der Waals surface area contributed by atoms with Crippen LogP contribution < -0.4 is 5.32 Å². The molecule has 0 unspecified atom stereocenters. The molecule has 0 aromatic heterocycles. The van der Waals surface area contributed by atoms with Crippen molar-refractivity contribution < 1.29 is 20.4 Å². The van der Waals surface area contributed by atoms with Gasteiger partial charge in [-0.3, -0.25) is 0 Å². The van der Waals surface area contributed by atoms with Crippen molar-refractivity contribution in [3.8, 4) is 11.5 Å². The van der Waals surface area contributed by atoms with E-state index in [4.69, 9.17) is 15.3 Å². The third-order valence-electron chi connectivity index (χ3n) is 2.09. The number of phenols is 2. The van der Waals surface area contributed by atoms with Gasteiger partial charge in [0.25, 0.3) is 0 Å². The quantitative estimate of drug-likeness (QED) is 0.456. The SMILES string of the molecule is OCC(CO)NCc1ccc(O)cc1O. The Morgan fingerprint density at radius 1 is 1.13 bits per heavy atom. The molecule has 0 aliphatic rings. The maximum atomic E-state index is 9.42. The molecule has 84 valence electrons. The Bertz CT molecular complexity index is 312. The average molecular weight is 213 g/mol. The molecule has 0 heterocycles. The number of hydrogen-bond donors (Lipinski definition) is 5. The first kappa shape index (κ1) is 11.8. The fraction of sp³-hybridized carbons (Fsp3) is 0.400. The highest BCUT2D eigenvalue weighted by Crippen LogP contribution is 2.22. The Morgan fingerprint density at radius 3 is 2.33 bits per heavy atom. The molecule has 5 nitrogen and oxygen atoms in total. The molecule has 1 aromatic rings. The van der Waals surface area contributed by atoms with Crippen LogP contribution in [-0.2, 0) is 6.54 Å². The van der Waals surface area contributed by atoms with Crippen LogP contribution in [0.4, 0.5) is 0 Å². The largest absolute Gasteiger partial charge is 0.508 e. The zero-order valence-corrected chi connectivity index (χ0v) is 8.22. The van der Waals surface area contributed by atoms with Gasteiger partial charge < -0.3 is 25.7 Å². The van der Waals surface area contributed by atoms with Crippen LogP contribution in [0.3, 0.4) is 0 Å². The summed E-state index contributed by atoms with van der Waals surface area (Å²) in [6.07, 6.45) is 0. The van der Waals surface area contributed by atoms with Gasteiger partial charge in [-0.15, -0.1) is 0 Å². The third kappa shape index (κ3) is 3.39. The van der Waals surface area contributed by atoms with E-state index in [9.17, 15) is 5.11 Å². The summed E-state index contributed by atoms with van der Waals surface area (Å²) < 4.78 is 0. The Kier molecular flexibility index (Phi) is 4.36. The number of rotatable bonds is 5. The van der Waals surface area contributed by atoms with Gasteiger partial charge in [0, 0.05) is 18.2 Å². The zero-order chi connectivity index (χ0) is 11.3. The van der Waals surface area contributed by atoms with Crippen molar-refractivity contribution in [1.29, 1.82) is 0 Å². The van der Waals surface area contributed by atoms with Gasteiger partial charge in [0.05, 0.1) is 19.3 Å². The summed E-state index contributed by atoms with van der Waals surface area (Å²) in [5.74, 6) is -0.0192. The Hall–Kier alpha value is -1.30. The summed E-state index contributed by atoms with van der Waals surface area (Å²) in [4.78, 5) is 0. The van der Waals surface area contributed by atoms with Gasteiger partial charge in [-0.05, 0) is 6.07 Å². The first-order valence-corrected chi connectivity index (χ1v) is 4.63. The molecule has 5 N–H and O–H groups in total. The van der Waals surface area contributed by atoms with Gasteiger partial charge in [0.1, 0.15) is 11.5 Å². The van der Waals surface area contributed by atoms with Crippen molar-refractivity contribution in [3.63, 3.8) is 0 Å². The normalized spacial score (nSPS) is 10.9. The minimum Gasteiger partial charge on any atom is -0.508 e. The van der Waals surface area contributed by atoms with Crippen molar-refractivity contribution in [3.05, 3.63) is 23.8 Å². The number of benzene rings is 1. The fourth-order valence-corrected chi connectivity index (χ4v) is 1.14. The molecule has 0 saturated heterocycles. The topological polar surface area (TPSA) is 93.0 Å². The Morgan fingerprint density at radius 2 is 1.80 bits per heavy atom. The molecule has 5 heteroatoms. The Balaban J connectivity index is 2.57. The van der Waals surface area contributed by atoms with Gasteiger partial charge in [-0.1, -0.05) is 6.07 Å². The molecular weight excluding hydrogens is 198 g/mol. The molecule has 15 heavy (non-hydrogen) atoms. The van der Waals surface area contributed by atoms with Gasteiger partial charge in [-0.2, -0.15) is 0 Å². The highest BCUT2D eigenvalue weighted by atomic mass is 16.3. The van der Waals surface area contributed by atoms with E-state index >= 15 is 0 Å². The standard InChI is InChI=1S/C10H15NO4/c12-5-8(6-13)11-4-7-1-2-9(14)3-10(7)15/h1-3,8,11-15H,4-6H2. The summed E-state index contributed by atoms with van der Waals surface area (Å²) >= 11 is 0. The van der Waals surface area contributed by atoms with E-state index in [1.165, 1.54) is 12.1 Å². The van der Waals surface area contributed by atoms with Crippen LogP contribution in [0.2, 0.25) is 0 Å². The van der Waals surface area contributed by atoms with Crippen LogP contribution in [-0.4, -0.2) is 39.7 Å². The van der Waals surface area contributed by atoms with Crippen molar-refractivity contribution in [2.24, 2.45) is 0 Å². The number of phenolic OH excluding ortho intramolecular Hbond substituents is 2. The molecule has 0 atom stereocenters. The van der Waals surface area contributed by atoms with Crippen LogP contribution in [0.15, 0.2) is 18.2 Å². The van der Waals surface area contributed by atoms with E-state index in [1.54, 1.807) is 6.07 Å². The highest BCUT2D eigenvalue weighted by Gasteiger charge is 2.07. The molecule has 1 rings (SSSR count). The van der Waals surface area contributed by atoms with E-state index in [0.717, 1.165) is 0 Å². The van der Waals surface area contributed by atoms with Gasteiger partial charge in [0.15, 0.2) is 0 Å². The summed E-state index contributed by atoms with van der Waals surface area (Å²) in [7, 11) is 0. The summed E-state index contributed by atoms with van der Waals surface area (Å²) in [6.45, 7) is -0.0252. The first-order chi connectivity index (χ1) is 7.17. The smallest absolute Gasteiger partial charge is 0.123 e. The van der Waals surface area contributed by atoms with Gasteiger partial charge in [-0.25, -0.2) is 0 Å². The van der Waals surface area contributed by atoms with Crippen LogP contribution in [0.25, 0.3) is 0 Å². The van der Waals surface area contributed by atoms with E-state index in [1.807, 2.05) is 0 Å². The molecular formula is C10H15NO4. The molecule has 0 radical (unpaired) electrons. The van der Waals surface area contributed by atoms with Gasteiger partial charge >= 0.3 is 0 Å². The molecule has 0 fully saturated rings. The van der Waals surface area contributed by atoms with Gasteiger partial charge in [0.2, 0.25) is 0 Å².